The molecule has 0 aliphatic heterocycles. The van der Waals surface area contributed by atoms with Gasteiger partial charge in [-0.25, -0.2) is 0 Å². The Morgan fingerprint density at radius 1 is 1.33 bits per heavy atom. The van der Waals surface area contributed by atoms with E-state index >= 15 is 0 Å². The number of thioether (sulfide) groups is 1. The number of hydrogen-bond donors (Lipinski definition) is 1. The van der Waals surface area contributed by atoms with Crippen molar-refractivity contribution in [2.45, 2.75) is 32.9 Å². The number of furan rings is 1. The van der Waals surface area contributed by atoms with Crippen LogP contribution in [0.4, 0.5) is 0 Å². The molecule has 0 aromatic carbocycles. The summed E-state index contributed by atoms with van der Waals surface area (Å²) in [6, 6.07) is 4.07. The van der Waals surface area contributed by atoms with Crippen LogP contribution in [-0.2, 0) is 12.2 Å². The van der Waals surface area contributed by atoms with Crippen LogP contribution in [0.25, 0.3) is 0 Å². The monoisotopic (exact) mass is 228 g/mol. The van der Waals surface area contributed by atoms with Gasteiger partial charge in [-0.15, -0.1) is 0 Å². The molecular formula is C12H20O2S. The summed E-state index contributed by atoms with van der Waals surface area (Å²) in [4.78, 5) is 0. The maximum absolute atomic E-state index is 9.10. The molecule has 0 aliphatic rings. The second-order valence-corrected chi connectivity index (χ2v) is 5.52. The van der Waals surface area contributed by atoms with Crippen molar-refractivity contribution >= 4 is 11.8 Å². The van der Waals surface area contributed by atoms with E-state index in [2.05, 4.69) is 20.8 Å². The Kier molecular flexibility index (Phi) is 4.74. The van der Waals surface area contributed by atoms with E-state index in [1.165, 1.54) is 0 Å². The van der Waals surface area contributed by atoms with Gasteiger partial charge >= 0.3 is 0 Å². The molecule has 0 saturated heterocycles. The Morgan fingerprint density at radius 3 is 2.53 bits per heavy atom. The van der Waals surface area contributed by atoms with Gasteiger partial charge in [0.05, 0.1) is 5.75 Å². The number of hydrogen-bond acceptors (Lipinski definition) is 3. The van der Waals surface area contributed by atoms with Crippen LogP contribution in [0, 0.1) is 5.41 Å². The number of aliphatic hydroxyl groups excluding tert-OH is 1. The van der Waals surface area contributed by atoms with E-state index in [-0.39, 0.29) is 12.0 Å². The molecule has 86 valence electrons. The third kappa shape index (κ3) is 4.31. The largest absolute Gasteiger partial charge is 0.465 e. The lowest BCUT2D eigenvalue weighted by atomic mass is 9.98. The molecule has 2 nitrogen and oxygen atoms in total. The first-order valence-electron chi connectivity index (χ1n) is 5.33. The van der Waals surface area contributed by atoms with Crippen LogP contribution in [0.5, 0.6) is 0 Å². The van der Waals surface area contributed by atoms with Gasteiger partial charge in [-0.2, -0.15) is 11.8 Å². The number of aliphatic hydroxyl groups is 1. The van der Waals surface area contributed by atoms with Crippen molar-refractivity contribution in [2.75, 3.05) is 12.4 Å². The average Bonchev–Trinajstić information content (AvgIpc) is 2.66. The Labute approximate surface area is 96.1 Å². The maximum Gasteiger partial charge on any atom is 0.114 e. The third-order valence-corrected chi connectivity index (χ3v) is 3.71. The van der Waals surface area contributed by atoms with Crippen molar-refractivity contribution in [1.29, 1.82) is 0 Å². The summed E-state index contributed by atoms with van der Waals surface area (Å²) in [5.74, 6) is 3.92. The lowest BCUT2D eigenvalue weighted by Gasteiger charge is -2.20. The Morgan fingerprint density at radius 2 is 2.00 bits per heavy atom. The van der Waals surface area contributed by atoms with E-state index in [1.807, 2.05) is 23.9 Å². The standard InChI is InChI=1S/C12H20O2S/c1-4-10-5-6-11(14-10)7-15-9-12(2,3)8-13/h5-6,13H,4,7-9H2,1-3H3. The fourth-order valence-electron chi connectivity index (χ4n) is 1.16. The van der Waals surface area contributed by atoms with Crippen molar-refractivity contribution in [3.63, 3.8) is 0 Å². The van der Waals surface area contributed by atoms with E-state index in [9.17, 15) is 0 Å². The fourth-order valence-corrected chi connectivity index (χ4v) is 2.27. The first-order chi connectivity index (χ1) is 7.07. The molecule has 0 radical (unpaired) electrons. The smallest absolute Gasteiger partial charge is 0.114 e. The zero-order chi connectivity index (χ0) is 11.3. The van der Waals surface area contributed by atoms with Crippen LogP contribution in [0.3, 0.4) is 0 Å². The van der Waals surface area contributed by atoms with Gasteiger partial charge in [-0.3, -0.25) is 0 Å². The van der Waals surface area contributed by atoms with Crippen LogP contribution >= 0.6 is 11.8 Å². The van der Waals surface area contributed by atoms with Gasteiger partial charge in [0.1, 0.15) is 11.5 Å². The molecular weight excluding hydrogens is 208 g/mol. The normalized spacial score (nSPS) is 12.0. The second kappa shape index (κ2) is 5.61. The quantitative estimate of drug-likeness (QED) is 0.812. The molecule has 0 aliphatic carbocycles. The van der Waals surface area contributed by atoms with Gasteiger partial charge in [0.2, 0.25) is 0 Å². The molecule has 1 N–H and O–H groups in total. The van der Waals surface area contributed by atoms with Crippen LogP contribution in [0.2, 0.25) is 0 Å². The third-order valence-electron chi connectivity index (χ3n) is 2.23. The summed E-state index contributed by atoms with van der Waals surface area (Å²) in [6.45, 7) is 6.46. The maximum atomic E-state index is 9.10. The highest BCUT2D eigenvalue weighted by Gasteiger charge is 2.16. The molecule has 0 bridgehead atoms. The lowest BCUT2D eigenvalue weighted by molar-refractivity contribution is 0.180. The van der Waals surface area contributed by atoms with E-state index in [0.717, 1.165) is 29.4 Å². The predicted molar refractivity (Wildman–Crippen MR) is 65.1 cm³/mol. The van der Waals surface area contributed by atoms with Gasteiger partial charge < -0.3 is 9.52 Å². The first kappa shape index (κ1) is 12.7. The van der Waals surface area contributed by atoms with Gasteiger partial charge in [0.25, 0.3) is 0 Å². The Hall–Kier alpha value is -0.410. The molecule has 1 aromatic heterocycles. The molecule has 0 amide bonds. The topological polar surface area (TPSA) is 33.4 Å². The summed E-state index contributed by atoms with van der Waals surface area (Å²) in [5, 5.41) is 9.10. The highest BCUT2D eigenvalue weighted by molar-refractivity contribution is 7.98. The molecule has 15 heavy (non-hydrogen) atoms. The molecule has 0 atom stereocenters. The van der Waals surface area contributed by atoms with Crippen LogP contribution in [0.15, 0.2) is 16.5 Å². The summed E-state index contributed by atoms with van der Waals surface area (Å²) in [7, 11) is 0. The molecule has 1 rings (SSSR count). The summed E-state index contributed by atoms with van der Waals surface area (Å²) < 4.78 is 5.60. The van der Waals surface area contributed by atoms with E-state index in [0.29, 0.717) is 0 Å². The van der Waals surface area contributed by atoms with Gasteiger partial charge in [-0.05, 0) is 17.5 Å². The zero-order valence-electron chi connectivity index (χ0n) is 9.75. The molecule has 1 heterocycles. The average molecular weight is 228 g/mol. The fraction of sp³-hybridized carbons (Fsp3) is 0.667. The first-order valence-corrected chi connectivity index (χ1v) is 6.49. The number of aryl methyl sites for hydroxylation is 1. The minimum Gasteiger partial charge on any atom is -0.465 e. The van der Waals surface area contributed by atoms with Crippen LogP contribution in [0.1, 0.15) is 32.3 Å². The molecule has 0 saturated carbocycles. The predicted octanol–water partition coefficient (Wildman–Crippen LogP) is 3.09. The number of rotatable bonds is 6. The molecule has 0 spiro atoms. The summed E-state index contributed by atoms with van der Waals surface area (Å²) in [6.07, 6.45) is 0.951. The highest BCUT2D eigenvalue weighted by atomic mass is 32.2. The summed E-state index contributed by atoms with van der Waals surface area (Å²) in [5.41, 5.74) is 0.00481. The molecule has 3 heteroatoms. The molecule has 0 unspecified atom stereocenters. The summed E-state index contributed by atoms with van der Waals surface area (Å²) >= 11 is 1.81. The Bertz CT molecular complexity index is 292. The van der Waals surface area contributed by atoms with Crippen LogP contribution < -0.4 is 0 Å². The minimum absolute atomic E-state index is 0.00481. The van der Waals surface area contributed by atoms with E-state index in [1.54, 1.807) is 0 Å². The van der Waals surface area contributed by atoms with Crippen molar-refractivity contribution in [1.82, 2.24) is 0 Å². The van der Waals surface area contributed by atoms with Gasteiger partial charge in [0, 0.05) is 18.8 Å². The van der Waals surface area contributed by atoms with Crippen molar-refractivity contribution in [3.8, 4) is 0 Å². The van der Waals surface area contributed by atoms with E-state index in [4.69, 9.17) is 9.52 Å². The van der Waals surface area contributed by atoms with Crippen molar-refractivity contribution in [2.24, 2.45) is 5.41 Å². The van der Waals surface area contributed by atoms with Gasteiger partial charge in [0.15, 0.2) is 0 Å². The van der Waals surface area contributed by atoms with Crippen molar-refractivity contribution < 1.29 is 9.52 Å². The SMILES string of the molecule is CCc1ccc(CSCC(C)(C)CO)o1. The Balaban J connectivity index is 2.31. The lowest BCUT2D eigenvalue weighted by Crippen LogP contribution is -2.19. The van der Waals surface area contributed by atoms with Crippen LogP contribution in [-0.4, -0.2) is 17.5 Å². The van der Waals surface area contributed by atoms with E-state index < -0.39 is 0 Å². The second-order valence-electron chi connectivity index (χ2n) is 4.54. The molecule has 0 fully saturated rings. The molecule has 1 aromatic rings. The van der Waals surface area contributed by atoms with Crippen molar-refractivity contribution in [3.05, 3.63) is 23.7 Å². The zero-order valence-corrected chi connectivity index (χ0v) is 10.6. The van der Waals surface area contributed by atoms with Gasteiger partial charge in [-0.1, -0.05) is 20.8 Å². The highest BCUT2D eigenvalue weighted by Crippen LogP contribution is 2.24. The minimum atomic E-state index is 0.00481.